The summed E-state index contributed by atoms with van der Waals surface area (Å²) in [5, 5.41) is 13.3. The first kappa shape index (κ1) is 15.4. The number of ether oxygens (including phenoxy) is 1. The lowest BCUT2D eigenvalue weighted by molar-refractivity contribution is 0.0754. The van der Waals surface area contributed by atoms with Gasteiger partial charge in [-0.05, 0) is 38.8 Å². The van der Waals surface area contributed by atoms with Crippen molar-refractivity contribution in [1.29, 1.82) is 0 Å². The van der Waals surface area contributed by atoms with Crippen LogP contribution in [0.2, 0.25) is 0 Å². The second kappa shape index (κ2) is 8.42. The summed E-state index contributed by atoms with van der Waals surface area (Å²) < 4.78 is 5.42. The summed E-state index contributed by atoms with van der Waals surface area (Å²) in [5.41, 5.74) is 0.331. The Morgan fingerprint density at radius 3 is 2.68 bits per heavy atom. The molecule has 0 unspecified atom stereocenters. The third kappa shape index (κ3) is 6.15. The van der Waals surface area contributed by atoms with Gasteiger partial charge in [-0.15, -0.1) is 10.2 Å². The minimum atomic E-state index is -0.195. The molecule has 1 heterocycles. The predicted molar refractivity (Wildman–Crippen MR) is 74.2 cm³/mol. The van der Waals surface area contributed by atoms with Crippen molar-refractivity contribution in [2.75, 3.05) is 25.5 Å². The van der Waals surface area contributed by atoms with Crippen LogP contribution in [-0.2, 0) is 4.74 Å². The molecule has 0 aromatic carbocycles. The molecular formula is C13H22N4O2. The lowest BCUT2D eigenvalue weighted by Gasteiger charge is -2.07. The fourth-order valence-corrected chi connectivity index (χ4v) is 1.43. The number of hydrogen-bond donors (Lipinski definition) is 2. The monoisotopic (exact) mass is 266 g/mol. The van der Waals surface area contributed by atoms with Gasteiger partial charge in [0.15, 0.2) is 5.69 Å². The van der Waals surface area contributed by atoms with Crippen LogP contribution < -0.4 is 10.6 Å². The maximum absolute atomic E-state index is 11.7. The van der Waals surface area contributed by atoms with Gasteiger partial charge >= 0.3 is 0 Å². The number of carbonyl (C=O) groups is 1. The maximum atomic E-state index is 11.7. The molecule has 0 atom stereocenters. The fraction of sp³-hybridized carbons (Fsp3) is 0.615. The molecule has 0 saturated heterocycles. The molecular weight excluding hydrogens is 244 g/mol. The van der Waals surface area contributed by atoms with Crippen LogP contribution in [0.3, 0.4) is 0 Å². The summed E-state index contributed by atoms with van der Waals surface area (Å²) in [6, 6.07) is 3.37. The van der Waals surface area contributed by atoms with Gasteiger partial charge < -0.3 is 15.4 Å². The summed E-state index contributed by atoms with van der Waals surface area (Å²) in [4.78, 5) is 11.7. The van der Waals surface area contributed by atoms with Crippen LogP contribution >= 0.6 is 0 Å². The number of nitrogens with one attached hydrogen (secondary N) is 2. The van der Waals surface area contributed by atoms with Crippen molar-refractivity contribution in [3.8, 4) is 0 Å². The van der Waals surface area contributed by atoms with Crippen LogP contribution in [0.1, 0.15) is 37.2 Å². The zero-order valence-electron chi connectivity index (χ0n) is 11.8. The molecule has 0 aliphatic rings. The Hall–Kier alpha value is -1.69. The molecule has 0 radical (unpaired) electrons. The second-order valence-corrected chi connectivity index (χ2v) is 4.44. The van der Waals surface area contributed by atoms with Gasteiger partial charge in [-0.1, -0.05) is 0 Å². The van der Waals surface area contributed by atoms with Crippen molar-refractivity contribution >= 4 is 11.7 Å². The van der Waals surface area contributed by atoms with Gasteiger partial charge in [-0.25, -0.2) is 0 Å². The average Bonchev–Trinajstić information content (AvgIpc) is 2.42. The van der Waals surface area contributed by atoms with Crippen LogP contribution in [-0.4, -0.2) is 42.4 Å². The van der Waals surface area contributed by atoms with Crippen LogP contribution in [0.15, 0.2) is 12.1 Å². The van der Waals surface area contributed by atoms with Gasteiger partial charge in [0, 0.05) is 20.2 Å². The molecule has 1 aromatic rings. The van der Waals surface area contributed by atoms with E-state index in [4.69, 9.17) is 4.74 Å². The van der Waals surface area contributed by atoms with Crippen LogP contribution in [0.5, 0.6) is 0 Å². The van der Waals surface area contributed by atoms with Crippen LogP contribution in [0, 0.1) is 0 Å². The summed E-state index contributed by atoms with van der Waals surface area (Å²) in [6.45, 7) is 5.37. The van der Waals surface area contributed by atoms with Gasteiger partial charge in [0.25, 0.3) is 5.91 Å². The first-order chi connectivity index (χ1) is 9.13. The highest BCUT2D eigenvalue weighted by atomic mass is 16.5. The quantitative estimate of drug-likeness (QED) is 0.697. The van der Waals surface area contributed by atoms with E-state index in [1.54, 1.807) is 19.2 Å². The molecule has 1 amide bonds. The zero-order chi connectivity index (χ0) is 14.1. The topological polar surface area (TPSA) is 76.1 Å². The summed E-state index contributed by atoms with van der Waals surface area (Å²) >= 11 is 0. The smallest absolute Gasteiger partial charge is 0.271 e. The fourth-order valence-electron chi connectivity index (χ4n) is 1.43. The molecule has 0 fully saturated rings. The summed E-state index contributed by atoms with van der Waals surface area (Å²) in [5.74, 6) is 0.447. The molecule has 0 bridgehead atoms. The van der Waals surface area contributed by atoms with Crippen molar-refractivity contribution in [3.63, 3.8) is 0 Å². The highest BCUT2D eigenvalue weighted by Gasteiger charge is 2.06. The Balaban J connectivity index is 2.20. The highest BCUT2D eigenvalue weighted by molar-refractivity contribution is 5.92. The third-order valence-electron chi connectivity index (χ3n) is 2.46. The van der Waals surface area contributed by atoms with E-state index >= 15 is 0 Å². The molecule has 0 aliphatic heterocycles. The highest BCUT2D eigenvalue weighted by Crippen LogP contribution is 2.00. The predicted octanol–water partition coefficient (Wildman–Crippen LogP) is 1.45. The number of anilines is 1. The number of unbranched alkanes of at least 4 members (excludes halogenated alkanes) is 1. The van der Waals surface area contributed by atoms with E-state index in [1.807, 2.05) is 13.8 Å². The molecule has 0 saturated carbocycles. The standard InChI is InChI=1S/C13H22N4O2/c1-10(2)19-9-5-4-8-15-13(18)11-6-7-12(14-3)17-16-11/h6-7,10H,4-5,8-9H2,1-3H3,(H,14,17)(H,15,18). The van der Waals surface area contributed by atoms with E-state index in [0.717, 1.165) is 19.4 Å². The Morgan fingerprint density at radius 2 is 2.11 bits per heavy atom. The van der Waals surface area contributed by atoms with E-state index in [0.29, 0.717) is 18.1 Å². The molecule has 6 heteroatoms. The van der Waals surface area contributed by atoms with Crippen molar-refractivity contribution < 1.29 is 9.53 Å². The van der Waals surface area contributed by atoms with Gasteiger partial charge in [0.05, 0.1) is 6.10 Å². The molecule has 1 rings (SSSR count). The minimum Gasteiger partial charge on any atom is -0.379 e. The average molecular weight is 266 g/mol. The second-order valence-electron chi connectivity index (χ2n) is 4.44. The van der Waals surface area contributed by atoms with E-state index in [2.05, 4.69) is 20.8 Å². The van der Waals surface area contributed by atoms with Crippen LogP contribution in [0.4, 0.5) is 5.82 Å². The Bertz CT molecular complexity index is 379. The van der Waals surface area contributed by atoms with Crippen molar-refractivity contribution in [2.45, 2.75) is 32.8 Å². The van der Waals surface area contributed by atoms with Gasteiger partial charge in [0.2, 0.25) is 0 Å². The molecule has 19 heavy (non-hydrogen) atoms. The number of amides is 1. The maximum Gasteiger partial charge on any atom is 0.271 e. The van der Waals surface area contributed by atoms with E-state index in [-0.39, 0.29) is 12.0 Å². The van der Waals surface area contributed by atoms with Crippen molar-refractivity contribution in [1.82, 2.24) is 15.5 Å². The lowest BCUT2D eigenvalue weighted by atomic mass is 10.3. The van der Waals surface area contributed by atoms with Crippen molar-refractivity contribution in [3.05, 3.63) is 17.8 Å². The normalized spacial score (nSPS) is 10.5. The van der Waals surface area contributed by atoms with E-state index in [1.165, 1.54) is 0 Å². The third-order valence-corrected chi connectivity index (χ3v) is 2.46. The number of carbonyl (C=O) groups excluding carboxylic acids is 1. The molecule has 0 aliphatic carbocycles. The van der Waals surface area contributed by atoms with Gasteiger partial charge in [-0.2, -0.15) is 0 Å². The van der Waals surface area contributed by atoms with Crippen molar-refractivity contribution in [2.24, 2.45) is 0 Å². The molecule has 2 N–H and O–H groups in total. The Morgan fingerprint density at radius 1 is 1.32 bits per heavy atom. The number of nitrogens with zero attached hydrogens (tertiary/aromatic N) is 2. The van der Waals surface area contributed by atoms with Crippen LogP contribution in [0.25, 0.3) is 0 Å². The van der Waals surface area contributed by atoms with Gasteiger partial charge in [0.1, 0.15) is 5.82 Å². The van der Waals surface area contributed by atoms with E-state index < -0.39 is 0 Å². The summed E-state index contributed by atoms with van der Waals surface area (Å²) in [7, 11) is 1.75. The summed E-state index contributed by atoms with van der Waals surface area (Å²) in [6.07, 6.45) is 2.08. The first-order valence-electron chi connectivity index (χ1n) is 6.54. The van der Waals surface area contributed by atoms with E-state index in [9.17, 15) is 4.79 Å². The van der Waals surface area contributed by atoms with Gasteiger partial charge in [-0.3, -0.25) is 4.79 Å². The molecule has 0 spiro atoms. The Kier molecular flexibility index (Phi) is 6.81. The molecule has 6 nitrogen and oxygen atoms in total. The molecule has 106 valence electrons. The lowest BCUT2D eigenvalue weighted by Crippen LogP contribution is -2.26. The SMILES string of the molecule is CNc1ccc(C(=O)NCCCCOC(C)C)nn1. The molecule has 1 aromatic heterocycles. The zero-order valence-corrected chi connectivity index (χ0v) is 11.8. The number of rotatable bonds is 8. The number of hydrogen-bond acceptors (Lipinski definition) is 5. The first-order valence-corrected chi connectivity index (χ1v) is 6.54. The largest absolute Gasteiger partial charge is 0.379 e. The number of aromatic nitrogens is 2. The minimum absolute atomic E-state index is 0.195. The Labute approximate surface area is 113 Å².